The Hall–Kier alpha value is -1.50. The van der Waals surface area contributed by atoms with E-state index in [2.05, 4.69) is 20.9 Å². The number of nitrogens with zero attached hydrogens (tertiary/aromatic N) is 1. The van der Waals surface area contributed by atoms with Crippen LogP contribution in [-0.2, 0) is 0 Å². The number of aromatic amines is 1. The van der Waals surface area contributed by atoms with Crippen LogP contribution in [0.5, 0.6) is 0 Å². The lowest BCUT2D eigenvalue weighted by atomic mass is 10.2. The molecule has 0 aliphatic heterocycles. The fourth-order valence-corrected chi connectivity index (χ4v) is 3.41. The zero-order chi connectivity index (χ0) is 15.1. The van der Waals surface area contributed by atoms with Crippen molar-refractivity contribution in [3.05, 3.63) is 66.8 Å². The van der Waals surface area contributed by atoms with Gasteiger partial charge in [-0.2, -0.15) is 0 Å². The average Bonchev–Trinajstić information content (AvgIpc) is 2.41. The highest BCUT2D eigenvalue weighted by Gasteiger charge is 2.14. The molecule has 0 aliphatic rings. The molecule has 0 bridgehead atoms. The fourth-order valence-electron chi connectivity index (χ4n) is 2.11. The lowest BCUT2D eigenvalue weighted by Crippen LogP contribution is -2.21. The molecule has 0 amide bonds. The normalized spacial score (nSPS) is 11.0. The molecule has 1 aromatic heterocycles. The van der Waals surface area contributed by atoms with Crippen molar-refractivity contribution in [2.45, 2.75) is 0 Å². The molecule has 0 unspecified atom stereocenters. The van der Waals surface area contributed by atoms with Crippen LogP contribution in [0.4, 0.5) is 4.39 Å². The van der Waals surface area contributed by atoms with Gasteiger partial charge in [0.1, 0.15) is 5.82 Å². The number of fused-ring (bicyclic) bond motifs is 1. The van der Waals surface area contributed by atoms with E-state index in [1.54, 1.807) is 24.3 Å². The van der Waals surface area contributed by atoms with Gasteiger partial charge in [-0.15, -0.1) is 0 Å². The van der Waals surface area contributed by atoms with Crippen molar-refractivity contribution in [1.82, 2.24) is 9.55 Å². The van der Waals surface area contributed by atoms with Gasteiger partial charge in [0, 0.05) is 4.47 Å². The number of nitrogens with one attached hydrogen (secondary N) is 1. The molecule has 0 atom stereocenters. The molecular formula is C14H7BrClFN2OS. The summed E-state index contributed by atoms with van der Waals surface area (Å²) in [6.07, 6.45) is 0. The molecule has 3 aromatic rings. The van der Waals surface area contributed by atoms with Gasteiger partial charge in [0.2, 0.25) is 0 Å². The molecule has 2 aromatic carbocycles. The molecular weight excluding hydrogens is 379 g/mol. The minimum absolute atomic E-state index is 0.0961. The Balaban J connectivity index is 2.47. The minimum atomic E-state index is -0.501. The molecule has 106 valence electrons. The van der Waals surface area contributed by atoms with Crippen LogP contribution in [0, 0.1) is 10.6 Å². The maximum absolute atomic E-state index is 13.3. The van der Waals surface area contributed by atoms with E-state index in [0.717, 1.165) is 6.07 Å². The summed E-state index contributed by atoms with van der Waals surface area (Å²) in [4.78, 5) is 15.6. The molecule has 0 saturated carbocycles. The minimum Gasteiger partial charge on any atom is -0.331 e. The number of hydrogen-bond donors (Lipinski definition) is 1. The molecule has 1 N–H and O–H groups in total. The van der Waals surface area contributed by atoms with Crippen molar-refractivity contribution in [3.8, 4) is 5.69 Å². The van der Waals surface area contributed by atoms with Gasteiger partial charge in [0.05, 0.1) is 21.6 Å². The van der Waals surface area contributed by atoms with Crippen molar-refractivity contribution in [3.63, 3.8) is 0 Å². The molecule has 0 fully saturated rings. The predicted molar refractivity (Wildman–Crippen MR) is 87.4 cm³/mol. The maximum Gasteiger partial charge on any atom is 0.266 e. The summed E-state index contributed by atoms with van der Waals surface area (Å²) in [7, 11) is 0. The van der Waals surface area contributed by atoms with Crippen molar-refractivity contribution in [2.24, 2.45) is 0 Å². The Morgan fingerprint density at radius 1 is 1.29 bits per heavy atom. The first kappa shape index (κ1) is 14.4. The number of aromatic nitrogens is 2. The number of para-hydroxylation sites is 1. The Kier molecular flexibility index (Phi) is 3.69. The number of benzene rings is 2. The molecule has 0 saturated heterocycles. The van der Waals surface area contributed by atoms with Crippen LogP contribution >= 0.6 is 39.7 Å². The fraction of sp³-hybridized carbons (Fsp3) is 0. The summed E-state index contributed by atoms with van der Waals surface area (Å²) >= 11 is 14.5. The summed E-state index contributed by atoms with van der Waals surface area (Å²) in [5.41, 5.74) is 0.636. The smallest absolute Gasteiger partial charge is 0.266 e. The largest absolute Gasteiger partial charge is 0.331 e. The van der Waals surface area contributed by atoms with E-state index in [0.29, 0.717) is 21.1 Å². The standard InChI is InChI=1S/C14H7BrClFN2OS/c15-9-5-7(17)6-10(16)12(9)19-13(20)8-3-1-2-4-11(8)18-14(19)21/h1-6H,(H,18,21). The Bertz CT molecular complexity index is 960. The predicted octanol–water partition coefficient (Wildman–Crippen LogP) is 4.60. The third-order valence-corrected chi connectivity index (χ3v) is 4.19. The summed E-state index contributed by atoms with van der Waals surface area (Å²) in [6, 6.07) is 9.38. The quantitative estimate of drug-likeness (QED) is 0.622. The van der Waals surface area contributed by atoms with E-state index < -0.39 is 5.82 Å². The summed E-state index contributed by atoms with van der Waals surface area (Å²) < 4.78 is 15.1. The van der Waals surface area contributed by atoms with Crippen LogP contribution in [-0.4, -0.2) is 9.55 Å². The number of rotatable bonds is 1. The third kappa shape index (κ3) is 2.43. The topological polar surface area (TPSA) is 37.8 Å². The molecule has 0 radical (unpaired) electrons. The molecule has 7 heteroatoms. The summed E-state index contributed by atoms with van der Waals surface area (Å²) in [5, 5.41) is 0.567. The second kappa shape index (κ2) is 5.36. The van der Waals surface area contributed by atoms with Crippen molar-refractivity contribution in [1.29, 1.82) is 0 Å². The van der Waals surface area contributed by atoms with Gasteiger partial charge < -0.3 is 4.98 Å². The van der Waals surface area contributed by atoms with Crippen molar-refractivity contribution < 1.29 is 4.39 Å². The van der Waals surface area contributed by atoms with E-state index in [-0.39, 0.29) is 15.4 Å². The van der Waals surface area contributed by atoms with Crippen LogP contribution in [0.25, 0.3) is 16.6 Å². The number of halogens is 3. The van der Waals surface area contributed by atoms with Gasteiger partial charge in [-0.05, 0) is 52.4 Å². The third-order valence-electron chi connectivity index (χ3n) is 3.01. The number of H-pyrrole nitrogens is 1. The molecule has 3 rings (SSSR count). The average molecular weight is 386 g/mol. The molecule has 3 nitrogen and oxygen atoms in total. The van der Waals surface area contributed by atoms with Crippen LogP contribution in [0.15, 0.2) is 45.7 Å². The van der Waals surface area contributed by atoms with Gasteiger partial charge in [0.25, 0.3) is 5.56 Å². The zero-order valence-corrected chi connectivity index (χ0v) is 13.5. The first-order valence-electron chi connectivity index (χ1n) is 5.88. The second-order valence-corrected chi connectivity index (χ2v) is 5.98. The lowest BCUT2D eigenvalue weighted by molar-refractivity contribution is 0.626. The molecule has 21 heavy (non-hydrogen) atoms. The first-order valence-corrected chi connectivity index (χ1v) is 7.46. The Morgan fingerprint density at radius 2 is 2.00 bits per heavy atom. The Labute approximate surface area is 137 Å². The molecule has 0 spiro atoms. The molecule has 1 heterocycles. The highest BCUT2D eigenvalue weighted by molar-refractivity contribution is 9.10. The van der Waals surface area contributed by atoms with E-state index in [1.165, 1.54) is 10.6 Å². The van der Waals surface area contributed by atoms with Gasteiger partial charge in [-0.25, -0.2) is 4.39 Å². The van der Waals surface area contributed by atoms with E-state index in [9.17, 15) is 9.18 Å². The molecule has 0 aliphatic carbocycles. The highest BCUT2D eigenvalue weighted by Crippen LogP contribution is 2.29. The maximum atomic E-state index is 13.3. The van der Waals surface area contributed by atoms with Crippen molar-refractivity contribution >= 4 is 50.7 Å². The summed E-state index contributed by atoms with van der Waals surface area (Å²) in [6.45, 7) is 0. The second-order valence-electron chi connectivity index (χ2n) is 4.33. The monoisotopic (exact) mass is 384 g/mol. The van der Waals surface area contributed by atoms with Crippen LogP contribution in [0.2, 0.25) is 5.02 Å². The Morgan fingerprint density at radius 3 is 2.71 bits per heavy atom. The SMILES string of the molecule is O=c1c2ccccc2[nH]c(=S)n1-c1c(Cl)cc(F)cc1Br. The van der Waals surface area contributed by atoms with Gasteiger partial charge in [-0.3, -0.25) is 9.36 Å². The number of hydrogen-bond acceptors (Lipinski definition) is 2. The van der Waals surface area contributed by atoms with Gasteiger partial charge >= 0.3 is 0 Å². The van der Waals surface area contributed by atoms with Gasteiger partial charge in [0.15, 0.2) is 4.77 Å². The van der Waals surface area contributed by atoms with Crippen LogP contribution in [0.3, 0.4) is 0 Å². The van der Waals surface area contributed by atoms with Crippen LogP contribution in [0.1, 0.15) is 0 Å². The summed E-state index contributed by atoms with van der Waals surface area (Å²) in [5.74, 6) is -0.501. The van der Waals surface area contributed by atoms with E-state index >= 15 is 0 Å². The zero-order valence-electron chi connectivity index (χ0n) is 10.4. The van der Waals surface area contributed by atoms with Crippen molar-refractivity contribution in [2.75, 3.05) is 0 Å². The van der Waals surface area contributed by atoms with Crippen LogP contribution < -0.4 is 5.56 Å². The first-order chi connectivity index (χ1) is 9.99. The van der Waals surface area contributed by atoms with E-state index in [1.807, 2.05) is 0 Å². The van der Waals surface area contributed by atoms with E-state index in [4.69, 9.17) is 23.8 Å². The lowest BCUT2D eigenvalue weighted by Gasteiger charge is -2.12. The highest BCUT2D eigenvalue weighted by atomic mass is 79.9. The van der Waals surface area contributed by atoms with Gasteiger partial charge in [-0.1, -0.05) is 23.7 Å².